The van der Waals surface area contributed by atoms with E-state index in [-0.39, 0.29) is 12.5 Å². The Morgan fingerprint density at radius 1 is 1.00 bits per heavy atom. The molecule has 170 valence electrons. The average Bonchev–Trinajstić information content (AvgIpc) is 3.23. The van der Waals surface area contributed by atoms with Crippen LogP contribution in [0.1, 0.15) is 22.3 Å². The van der Waals surface area contributed by atoms with E-state index in [1.807, 2.05) is 91.9 Å². The minimum absolute atomic E-state index is 0.199. The second-order valence-electron chi connectivity index (χ2n) is 8.07. The summed E-state index contributed by atoms with van der Waals surface area (Å²) in [5.74, 6) is 0.441. The molecule has 35 heavy (non-hydrogen) atoms. The van der Waals surface area contributed by atoms with Crippen LogP contribution in [0.2, 0.25) is 0 Å². The zero-order chi connectivity index (χ0) is 24.2. The fourth-order valence-electron chi connectivity index (χ4n) is 3.81. The molecule has 1 amide bonds. The number of aliphatic imine (C=N–C) groups is 1. The zero-order valence-electron chi connectivity index (χ0n) is 19.0. The van der Waals surface area contributed by atoms with Crippen molar-refractivity contribution >= 4 is 45.4 Å². The third-order valence-corrected chi connectivity index (χ3v) is 6.55. The molecule has 1 aliphatic heterocycles. The number of nitriles is 1. The number of rotatable bonds is 5. The Kier molecular flexibility index (Phi) is 6.34. The first kappa shape index (κ1) is 22.5. The molecular formula is C29H21N3O2S. The van der Waals surface area contributed by atoms with Crippen LogP contribution in [-0.2, 0) is 11.4 Å². The van der Waals surface area contributed by atoms with Gasteiger partial charge in [0.2, 0.25) is 0 Å². The summed E-state index contributed by atoms with van der Waals surface area (Å²) in [5.41, 5.74) is 4.13. The number of aryl methyl sites for hydroxylation is 1. The summed E-state index contributed by atoms with van der Waals surface area (Å²) >= 11 is 1.30. The summed E-state index contributed by atoms with van der Waals surface area (Å²) in [4.78, 5) is 17.9. The van der Waals surface area contributed by atoms with Gasteiger partial charge in [0, 0.05) is 11.1 Å². The van der Waals surface area contributed by atoms with Crippen molar-refractivity contribution in [2.75, 3.05) is 0 Å². The molecule has 6 heteroatoms. The van der Waals surface area contributed by atoms with Crippen LogP contribution in [0, 0.1) is 18.3 Å². The van der Waals surface area contributed by atoms with E-state index >= 15 is 0 Å². The van der Waals surface area contributed by atoms with Crippen LogP contribution in [-0.4, -0.2) is 11.1 Å². The van der Waals surface area contributed by atoms with Crippen LogP contribution in [0.4, 0.5) is 5.69 Å². The minimum Gasteiger partial charge on any atom is -0.488 e. The lowest BCUT2D eigenvalue weighted by Crippen LogP contribution is -2.19. The summed E-state index contributed by atoms with van der Waals surface area (Å²) in [7, 11) is 0. The first-order valence-corrected chi connectivity index (χ1v) is 11.9. The van der Waals surface area contributed by atoms with Crippen LogP contribution in [0.3, 0.4) is 0 Å². The maximum atomic E-state index is 12.8. The highest BCUT2D eigenvalue weighted by atomic mass is 32.2. The number of hydrogen-bond donors (Lipinski definition) is 1. The SMILES string of the molecule is Cc1ccc(N=C2NC(=O)/C(=C\c3c(OCc4ccccc4C#N)ccc4ccccc34)S2)cc1. The molecule has 1 heterocycles. The minimum atomic E-state index is -0.199. The Bertz CT molecular complexity index is 1530. The van der Waals surface area contributed by atoms with Gasteiger partial charge in [-0.2, -0.15) is 5.26 Å². The fraction of sp³-hybridized carbons (Fsp3) is 0.0690. The van der Waals surface area contributed by atoms with Gasteiger partial charge in [-0.15, -0.1) is 0 Å². The number of hydrogen-bond acceptors (Lipinski definition) is 5. The molecule has 0 radical (unpaired) electrons. The van der Waals surface area contributed by atoms with E-state index in [0.717, 1.165) is 33.2 Å². The number of amides is 1. The van der Waals surface area contributed by atoms with E-state index in [2.05, 4.69) is 16.4 Å². The van der Waals surface area contributed by atoms with Crippen LogP contribution >= 0.6 is 11.8 Å². The number of carbonyl (C=O) groups excluding carboxylic acids is 1. The van der Waals surface area contributed by atoms with Gasteiger partial charge in [-0.3, -0.25) is 4.79 Å². The van der Waals surface area contributed by atoms with Crippen molar-refractivity contribution in [1.29, 1.82) is 5.26 Å². The second kappa shape index (κ2) is 9.88. The third-order valence-electron chi connectivity index (χ3n) is 5.64. The van der Waals surface area contributed by atoms with E-state index in [4.69, 9.17) is 4.74 Å². The van der Waals surface area contributed by atoms with Gasteiger partial charge in [0.15, 0.2) is 5.17 Å². The number of fused-ring (bicyclic) bond motifs is 1. The topological polar surface area (TPSA) is 74.5 Å². The summed E-state index contributed by atoms with van der Waals surface area (Å²) < 4.78 is 6.19. The molecule has 5 rings (SSSR count). The monoisotopic (exact) mass is 475 g/mol. The number of nitrogens with one attached hydrogen (secondary N) is 1. The molecule has 1 fully saturated rings. The molecular weight excluding hydrogens is 454 g/mol. The molecule has 5 nitrogen and oxygen atoms in total. The predicted molar refractivity (Wildman–Crippen MR) is 141 cm³/mol. The molecule has 0 atom stereocenters. The first-order chi connectivity index (χ1) is 17.1. The Morgan fingerprint density at radius 2 is 1.77 bits per heavy atom. The first-order valence-electron chi connectivity index (χ1n) is 11.1. The highest BCUT2D eigenvalue weighted by Crippen LogP contribution is 2.35. The fourth-order valence-corrected chi connectivity index (χ4v) is 4.63. The Morgan fingerprint density at radius 3 is 2.60 bits per heavy atom. The largest absolute Gasteiger partial charge is 0.488 e. The maximum Gasteiger partial charge on any atom is 0.264 e. The zero-order valence-corrected chi connectivity index (χ0v) is 19.8. The van der Waals surface area contributed by atoms with Crippen LogP contribution in [0.5, 0.6) is 5.75 Å². The molecule has 0 aliphatic carbocycles. The number of nitrogens with zero attached hydrogens (tertiary/aromatic N) is 2. The molecule has 0 aromatic heterocycles. The molecule has 0 spiro atoms. The normalized spacial score (nSPS) is 15.4. The predicted octanol–water partition coefficient (Wildman–Crippen LogP) is 6.49. The molecule has 4 aromatic rings. The average molecular weight is 476 g/mol. The Balaban J connectivity index is 1.49. The highest BCUT2D eigenvalue weighted by Gasteiger charge is 2.25. The Hall–Kier alpha value is -4.34. The summed E-state index contributed by atoms with van der Waals surface area (Å²) in [6.07, 6.45) is 1.85. The molecule has 1 saturated heterocycles. The summed E-state index contributed by atoms with van der Waals surface area (Å²) in [5, 5.41) is 14.8. The summed E-state index contributed by atoms with van der Waals surface area (Å²) in [6.45, 7) is 2.27. The van der Waals surface area contributed by atoms with Gasteiger partial charge >= 0.3 is 0 Å². The van der Waals surface area contributed by atoms with E-state index in [9.17, 15) is 10.1 Å². The van der Waals surface area contributed by atoms with Crippen molar-refractivity contribution in [3.63, 3.8) is 0 Å². The van der Waals surface area contributed by atoms with Gasteiger partial charge in [-0.1, -0.05) is 66.2 Å². The number of ether oxygens (including phenoxy) is 1. The number of amidine groups is 1. The molecule has 0 bridgehead atoms. The highest BCUT2D eigenvalue weighted by molar-refractivity contribution is 8.18. The van der Waals surface area contributed by atoms with Crippen molar-refractivity contribution in [3.05, 3.63) is 112 Å². The van der Waals surface area contributed by atoms with Gasteiger partial charge in [-0.05, 0) is 59.8 Å². The van der Waals surface area contributed by atoms with E-state index in [1.54, 1.807) is 6.07 Å². The third kappa shape index (κ3) is 4.96. The van der Waals surface area contributed by atoms with Crippen LogP contribution in [0.25, 0.3) is 16.8 Å². The molecule has 0 unspecified atom stereocenters. The van der Waals surface area contributed by atoms with Crippen LogP contribution < -0.4 is 10.1 Å². The second-order valence-corrected chi connectivity index (χ2v) is 9.10. The number of thioether (sulfide) groups is 1. The number of benzene rings is 4. The van der Waals surface area contributed by atoms with Crippen molar-refractivity contribution in [2.45, 2.75) is 13.5 Å². The van der Waals surface area contributed by atoms with Gasteiger partial charge < -0.3 is 10.1 Å². The Labute approximate surface area is 207 Å². The lowest BCUT2D eigenvalue weighted by Gasteiger charge is -2.13. The molecule has 1 N–H and O–H groups in total. The van der Waals surface area contributed by atoms with Crippen molar-refractivity contribution in [3.8, 4) is 11.8 Å². The van der Waals surface area contributed by atoms with Crippen molar-refractivity contribution < 1.29 is 9.53 Å². The van der Waals surface area contributed by atoms with Gasteiger partial charge in [0.1, 0.15) is 12.4 Å². The van der Waals surface area contributed by atoms with E-state index in [1.165, 1.54) is 11.8 Å². The van der Waals surface area contributed by atoms with Crippen molar-refractivity contribution in [1.82, 2.24) is 5.32 Å². The summed E-state index contributed by atoms with van der Waals surface area (Å²) in [6, 6.07) is 29.3. The van der Waals surface area contributed by atoms with Crippen LogP contribution in [0.15, 0.2) is 94.8 Å². The van der Waals surface area contributed by atoms with Gasteiger partial charge in [-0.25, -0.2) is 4.99 Å². The van der Waals surface area contributed by atoms with Gasteiger partial charge in [0.25, 0.3) is 5.91 Å². The lowest BCUT2D eigenvalue weighted by atomic mass is 10.0. The molecule has 1 aliphatic rings. The molecule has 0 saturated carbocycles. The standard InChI is InChI=1S/C29H21N3O2S/c1-19-10-13-23(14-11-19)31-29-32-28(33)27(35-29)16-25-24-9-5-4-6-20(24)12-15-26(25)34-18-22-8-3-2-7-21(22)17-30/h2-16H,18H2,1H3,(H,31,32,33)/b27-16+. The molecule has 4 aromatic carbocycles. The van der Waals surface area contributed by atoms with Crippen molar-refractivity contribution in [2.24, 2.45) is 4.99 Å². The number of carbonyl (C=O) groups is 1. The lowest BCUT2D eigenvalue weighted by molar-refractivity contribution is -0.115. The van der Waals surface area contributed by atoms with Gasteiger partial charge in [0.05, 0.1) is 22.2 Å². The van der Waals surface area contributed by atoms with E-state index in [0.29, 0.717) is 21.4 Å². The smallest absolute Gasteiger partial charge is 0.264 e. The quantitative estimate of drug-likeness (QED) is 0.335. The maximum absolute atomic E-state index is 12.8. The van der Waals surface area contributed by atoms with E-state index < -0.39 is 0 Å².